The topological polar surface area (TPSA) is 147 Å². The van der Waals surface area contributed by atoms with Crippen molar-refractivity contribution in [3.63, 3.8) is 0 Å². The Morgan fingerprint density at radius 2 is 1.11 bits per heavy atom. The molecule has 0 aliphatic rings. The molecule has 6 aromatic rings. The summed E-state index contributed by atoms with van der Waals surface area (Å²) in [6.07, 6.45) is 2.60. The number of hydrogen-bond acceptors (Lipinski definition) is 8. The molecule has 2 aromatic heterocycles. The lowest BCUT2D eigenvalue weighted by Gasteiger charge is -2.26. The smallest absolute Gasteiger partial charge is 0.268 e. The molecule has 10 heteroatoms. The van der Waals surface area contributed by atoms with Crippen LogP contribution in [0.4, 0.5) is 11.4 Å². The Bertz CT molecular complexity index is 2510. The van der Waals surface area contributed by atoms with Crippen molar-refractivity contribution < 1.29 is 10.2 Å². The predicted octanol–water partition coefficient (Wildman–Crippen LogP) is 11.2. The lowest BCUT2D eigenvalue weighted by atomic mass is 9.90. The van der Waals surface area contributed by atoms with Gasteiger partial charge in [-0.15, -0.1) is 0 Å². The fourth-order valence-electron chi connectivity index (χ4n) is 8.15. The van der Waals surface area contributed by atoms with E-state index in [0.29, 0.717) is 51.6 Å². The first-order chi connectivity index (χ1) is 26.7. The van der Waals surface area contributed by atoms with Gasteiger partial charge in [0.1, 0.15) is 0 Å². The minimum Gasteiger partial charge on any atom is -0.494 e. The van der Waals surface area contributed by atoms with E-state index in [9.17, 15) is 10.2 Å². The van der Waals surface area contributed by atoms with E-state index in [4.69, 9.17) is 5.73 Å². The van der Waals surface area contributed by atoms with E-state index in [1.807, 2.05) is 43.3 Å². The maximum Gasteiger partial charge on any atom is 0.268 e. The Balaban J connectivity index is 1.92. The van der Waals surface area contributed by atoms with Crippen LogP contribution in [0.1, 0.15) is 141 Å². The van der Waals surface area contributed by atoms with Gasteiger partial charge in [0.15, 0.2) is 0 Å². The quantitative estimate of drug-likeness (QED) is 0.0376. The fraction of sp³-hybridized carbons (Fsp3) is 0.435. The molecule has 0 fully saturated rings. The third-order valence-electron chi connectivity index (χ3n) is 11.0. The van der Waals surface area contributed by atoms with Crippen LogP contribution in [0.25, 0.3) is 43.7 Å². The van der Waals surface area contributed by atoms with E-state index in [0.717, 1.165) is 41.5 Å². The Morgan fingerprint density at radius 3 is 1.55 bits per heavy atom. The van der Waals surface area contributed by atoms with Crippen LogP contribution in [-0.4, -0.2) is 32.1 Å². The van der Waals surface area contributed by atoms with Gasteiger partial charge in [-0.05, 0) is 70.9 Å². The number of nitrogens with two attached hydrogens (primary N) is 1. The SMILES string of the molecule is CCCCN=Nc1cc2c(O)n(-c3c(C(C)C)cccc3C(C)C)c(=O)c3c(NC(N)CCC)cc4c(O)n(-c5c(C(C)C)cccc5C(C)C)c(=O)c1c4c23. The number of hydrogen-bond donors (Lipinski definition) is 4. The molecule has 1 atom stereocenters. The zero-order chi connectivity index (χ0) is 40.7. The average molecular weight is 759 g/mol. The number of unbranched alkanes of at least 4 members (excludes halogenated alkanes) is 1. The van der Waals surface area contributed by atoms with Crippen LogP contribution in [-0.2, 0) is 0 Å². The summed E-state index contributed by atoms with van der Waals surface area (Å²) in [6.45, 7) is 21.1. The van der Waals surface area contributed by atoms with Gasteiger partial charge in [-0.3, -0.25) is 9.59 Å². The number of anilines is 1. The minimum atomic E-state index is -0.525. The van der Waals surface area contributed by atoms with Crippen molar-refractivity contribution >= 4 is 43.7 Å². The second-order valence-electron chi connectivity index (χ2n) is 16.4. The largest absolute Gasteiger partial charge is 0.494 e. The van der Waals surface area contributed by atoms with Gasteiger partial charge in [0.05, 0.1) is 40.5 Å². The van der Waals surface area contributed by atoms with Gasteiger partial charge in [0.25, 0.3) is 11.1 Å². The van der Waals surface area contributed by atoms with E-state index < -0.39 is 17.3 Å². The van der Waals surface area contributed by atoms with Crippen molar-refractivity contribution in [3.8, 4) is 23.1 Å². The lowest BCUT2D eigenvalue weighted by Crippen LogP contribution is -2.31. The number of rotatable bonds is 14. The van der Waals surface area contributed by atoms with Crippen LogP contribution >= 0.6 is 0 Å². The number of aromatic nitrogens is 2. The highest BCUT2D eigenvalue weighted by atomic mass is 16.3. The highest BCUT2D eigenvalue weighted by Crippen LogP contribution is 2.48. The highest BCUT2D eigenvalue weighted by Gasteiger charge is 2.31. The van der Waals surface area contributed by atoms with Crippen LogP contribution in [0.15, 0.2) is 68.3 Å². The van der Waals surface area contributed by atoms with Gasteiger partial charge in [0.2, 0.25) is 11.8 Å². The van der Waals surface area contributed by atoms with E-state index in [-0.39, 0.29) is 51.9 Å². The number of benzene rings is 4. The van der Waals surface area contributed by atoms with Crippen LogP contribution in [0, 0.1) is 0 Å². The van der Waals surface area contributed by atoms with Crippen LogP contribution in [0.3, 0.4) is 0 Å². The van der Waals surface area contributed by atoms with Gasteiger partial charge in [0, 0.05) is 27.2 Å². The monoisotopic (exact) mass is 758 g/mol. The molecule has 0 radical (unpaired) electrons. The van der Waals surface area contributed by atoms with Crippen molar-refractivity contribution in [1.82, 2.24) is 9.13 Å². The molecule has 6 rings (SSSR count). The zero-order valence-electron chi connectivity index (χ0n) is 34.6. The standard InChI is InChI=1S/C46H58N6O4/c1-11-13-21-48-50-35-23-33-37-38-32(43(53)52(46(56)40(35)38)42-30(26(7)8)19-15-20-31(42)27(9)10)22-34(49-36(47)16-12-2)39(37)45(55)51(44(33)54)41-28(24(3)4)17-14-18-29(41)25(5)6/h14-15,17-20,22-27,36,49,53-54H,11-13,16,21,47H2,1-10H3. The molecule has 2 heterocycles. The van der Waals surface area contributed by atoms with Crippen LogP contribution in [0.5, 0.6) is 11.8 Å². The van der Waals surface area contributed by atoms with Crippen molar-refractivity contribution in [2.24, 2.45) is 16.0 Å². The Kier molecular flexibility index (Phi) is 11.6. The molecule has 0 aliphatic heterocycles. The molecule has 56 heavy (non-hydrogen) atoms. The van der Waals surface area contributed by atoms with Crippen LogP contribution < -0.4 is 22.2 Å². The number of nitrogens with one attached hydrogen (secondary N) is 1. The molecule has 0 aliphatic carbocycles. The van der Waals surface area contributed by atoms with Gasteiger partial charge < -0.3 is 21.3 Å². The van der Waals surface area contributed by atoms with Gasteiger partial charge in [-0.25, -0.2) is 9.13 Å². The third kappa shape index (κ3) is 6.82. The van der Waals surface area contributed by atoms with E-state index >= 15 is 9.59 Å². The van der Waals surface area contributed by atoms with E-state index in [1.165, 1.54) is 9.13 Å². The summed E-state index contributed by atoms with van der Waals surface area (Å²) in [6, 6.07) is 15.4. The molecular formula is C46H58N6O4. The first-order valence-electron chi connectivity index (χ1n) is 20.3. The normalized spacial score (nSPS) is 13.0. The molecule has 0 saturated heterocycles. The zero-order valence-corrected chi connectivity index (χ0v) is 34.6. The minimum absolute atomic E-state index is 0.0260. The summed E-state index contributed by atoms with van der Waals surface area (Å²) in [5.74, 6) is -0.449. The molecular weight excluding hydrogens is 701 g/mol. The Labute approximate surface area is 329 Å². The molecule has 5 N–H and O–H groups in total. The van der Waals surface area contributed by atoms with Crippen LogP contribution in [0.2, 0.25) is 0 Å². The molecule has 296 valence electrons. The molecule has 0 spiro atoms. The first kappa shape index (κ1) is 40.4. The molecule has 4 aromatic carbocycles. The molecule has 0 amide bonds. The number of pyridine rings is 2. The fourth-order valence-corrected chi connectivity index (χ4v) is 8.15. The van der Waals surface area contributed by atoms with E-state index in [1.54, 1.807) is 12.1 Å². The average Bonchev–Trinajstić information content (AvgIpc) is 3.14. The Morgan fingerprint density at radius 1 is 0.661 bits per heavy atom. The Hall–Kier alpha value is -5.22. The van der Waals surface area contributed by atoms with Gasteiger partial charge >= 0.3 is 0 Å². The van der Waals surface area contributed by atoms with Crippen molar-refractivity contribution in [2.45, 2.75) is 125 Å². The van der Waals surface area contributed by atoms with Gasteiger partial charge in [-0.1, -0.05) is 118 Å². The third-order valence-corrected chi connectivity index (χ3v) is 11.0. The summed E-state index contributed by atoms with van der Waals surface area (Å²) < 4.78 is 2.81. The second-order valence-corrected chi connectivity index (χ2v) is 16.4. The summed E-state index contributed by atoms with van der Waals surface area (Å²) in [7, 11) is 0. The maximum absolute atomic E-state index is 15.3. The predicted molar refractivity (Wildman–Crippen MR) is 232 cm³/mol. The number of nitrogens with zero attached hydrogens (tertiary/aromatic N) is 4. The number of aromatic hydroxyl groups is 2. The highest BCUT2D eigenvalue weighted by molar-refractivity contribution is 6.29. The molecule has 10 nitrogen and oxygen atoms in total. The molecule has 0 saturated carbocycles. The molecule has 0 bridgehead atoms. The summed E-state index contributed by atoms with van der Waals surface area (Å²) in [5, 5.41) is 39.4. The number of azo groups is 1. The summed E-state index contributed by atoms with van der Waals surface area (Å²) in [5.41, 5.74) is 11.2. The second kappa shape index (κ2) is 16.1. The summed E-state index contributed by atoms with van der Waals surface area (Å²) in [4.78, 5) is 30.6. The lowest BCUT2D eigenvalue weighted by molar-refractivity contribution is 0.441. The number of para-hydroxylation sites is 2. The summed E-state index contributed by atoms with van der Waals surface area (Å²) >= 11 is 0. The molecule has 1 unspecified atom stereocenters. The first-order valence-corrected chi connectivity index (χ1v) is 20.3. The van der Waals surface area contributed by atoms with Crippen molar-refractivity contribution in [2.75, 3.05) is 11.9 Å². The van der Waals surface area contributed by atoms with Gasteiger partial charge in [-0.2, -0.15) is 10.2 Å². The maximum atomic E-state index is 15.3. The van der Waals surface area contributed by atoms with E-state index in [2.05, 4.69) is 77.9 Å². The van der Waals surface area contributed by atoms with Crippen molar-refractivity contribution in [1.29, 1.82) is 0 Å². The van der Waals surface area contributed by atoms with Crippen molar-refractivity contribution in [3.05, 3.63) is 91.5 Å².